The number of guanidine groups is 1. The van der Waals surface area contributed by atoms with Gasteiger partial charge in [0.05, 0.1) is 5.52 Å². The van der Waals surface area contributed by atoms with Crippen LogP contribution in [0.15, 0.2) is 53.5 Å². The summed E-state index contributed by atoms with van der Waals surface area (Å²) in [6.07, 6.45) is 3.93. The van der Waals surface area contributed by atoms with Crippen molar-refractivity contribution < 1.29 is 9.53 Å². The molecule has 2 aromatic carbocycles. The van der Waals surface area contributed by atoms with E-state index < -0.39 is 0 Å². The Kier molecular flexibility index (Phi) is 5.99. The molecule has 30 heavy (non-hydrogen) atoms. The standard InChI is InChI=1S/C23H27N5O2/c1-25-23(24)27-22(29)19-14-17-6-5-7-20(21(17)26-19)30-18-10-8-16(9-11-18)15-28-12-3-2-4-13-28/h5-11,14,26H,2-4,12-13,15H2,1H3,(H3,24,25,27,29). The molecule has 1 saturated heterocycles. The van der Waals surface area contributed by atoms with Crippen LogP contribution in [0.2, 0.25) is 0 Å². The number of aliphatic imine (C=N–C) groups is 1. The molecule has 4 N–H and O–H groups in total. The monoisotopic (exact) mass is 405 g/mol. The minimum absolute atomic E-state index is 0.0692. The minimum atomic E-state index is -0.345. The van der Waals surface area contributed by atoms with Crippen molar-refractivity contribution in [3.05, 3.63) is 59.8 Å². The van der Waals surface area contributed by atoms with E-state index >= 15 is 0 Å². The van der Waals surface area contributed by atoms with E-state index in [4.69, 9.17) is 10.5 Å². The highest BCUT2D eigenvalue weighted by Gasteiger charge is 2.14. The van der Waals surface area contributed by atoms with Crippen molar-refractivity contribution in [2.45, 2.75) is 25.8 Å². The van der Waals surface area contributed by atoms with Crippen molar-refractivity contribution in [3.8, 4) is 11.5 Å². The maximum absolute atomic E-state index is 12.3. The molecule has 7 heteroatoms. The van der Waals surface area contributed by atoms with Crippen molar-refractivity contribution in [1.29, 1.82) is 0 Å². The number of nitrogens with two attached hydrogens (primary N) is 1. The fourth-order valence-corrected chi connectivity index (χ4v) is 3.74. The first-order valence-electron chi connectivity index (χ1n) is 10.3. The Morgan fingerprint density at radius 2 is 1.93 bits per heavy atom. The number of hydrogen-bond donors (Lipinski definition) is 3. The van der Waals surface area contributed by atoms with Gasteiger partial charge in [0, 0.05) is 19.0 Å². The van der Waals surface area contributed by atoms with Gasteiger partial charge in [-0.3, -0.25) is 20.0 Å². The zero-order valence-corrected chi connectivity index (χ0v) is 17.1. The number of carbonyl (C=O) groups excluding carboxylic acids is 1. The molecule has 3 aromatic rings. The van der Waals surface area contributed by atoms with Gasteiger partial charge in [-0.05, 0) is 55.8 Å². The number of H-pyrrole nitrogens is 1. The Morgan fingerprint density at radius 3 is 2.67 bits per heavy atom. The van der Waals surface area contributed by atoms with Crippen LogP contribution < -0.4 is 15.8 Å². The lowest BCUT2D eigenvalue weighted by Crippen LogP contribution is -2.36. The Morgan fingerprint density at radius 1 is 1.17 bits per heavy atom. The van der Waals surface area contributed by atoms with Crippen LogP contribution >= 0.6 is 0 Å². The van der Waals surface area contributed by atoms with Gasteiger partial charge in [0.25, 0.3) is 5.91 Å². The van der Waals surface area contributed by atoms with Gasteiger partial charge < -0.3 is 15.5 Å². The summed E-state index contributed by atoms with van der Waals surface area (Å²) in [6, 6.07) is 15.7. The highest BCUT2D eigenvalue weighted by molar-refractivity contribution is 6.07. The number of benzene rings is 2. The van der Waals surface area contributed by atoms with E-state index in [0.717, 1.165) is 23.2 Å². The van der Waals surface area contributed by atoms with Crippen LogP contribution in [-0.4, -0.2) is 41.9 Å². The smallest absolute Gasteiger partial charge is 0.274 e. The number of piperidine rings is 1. The van der Waals surface area contributed by atoms with Crippen molar-refractivity contribution >= 4 is 22.8 Å². The number of carbonyl (C=O) groups is 1. The zero-order chi connectivity index (χ0) is 20.9. The number of nitrogens with one attached hydrogen (secondary N) is 2. The van der Waals surface area contributed by atoms with Gasteiger partial charge in [-0.15, -0.1) is 0 Å². The van der Waals surface area contributed by atoms with E-state index in [0.29, 0.717) is 11.4 Å². The summed E-state index contributed by atoms with van der Waals surface area (Å²) in [4.78, 5) is 21.7. The summed E-state index contributed by atoms with van der Waals surface area (Å²) in [6.45, 7) is 3.34. The maximum atomic E-state index is 12.3. The quantitative estimate of drug-likeness (QED) is 0.446. The summed E-state index contributed by atoms with van der Waals surface area (Å²) in [5.74, 6) is 1.14. The maximum Gasteiger partial charge on any atom is 0.274 e. The highest BCUT2D eigenvalue weighted by atomic mass is 16.5. The first kappa shape index (κ1) is 20.0. The van der Waals surface area contributed by atoms with Crippen molar-refractivity contribution in [3.63, 3.8) is 0 Å². The third-order valence-corrected chi connectivity index (χ3v) is 5.35. The molecule has 0 bridgehead atoms. The second kappa shape index (κ2) is 9.00. The van der Waals surface area contributed by atoms with E-state index in [2.05, 4.69) is 32.3 Å². The minimum Gasteiger partial charge on any atom is -0.455 e. The van der Waals surface area contributed by atoms with Gasteiger partial charge in [-0.25, -0.2) is 0 Å². The van der Waals surface area contributed by atoms with Crippen molar-refractivity contribution in [2.24, 2.45) is 10.7 Å². The molecule has 1 amide bonds. The molecule has 7 nitrogen and oxygen atoms in total. The fraction of sp³-hybridized carbons (Fsp3) is 0.304. The van der Waals surface area contributed by atoms with Gasteiger partial charge >= 0.3 is 0 Å². The van der Waals surface area contributed by atoms with Crippen LogP contribution in [0.1, 0.15) is 35.3 Å². The number of nitrogens with zero attached hydrogens (tertiary/aromatic N) is 2. The molecule has 1 fully saturated rings. The third-order valence-electron chi connectivity index (χ3n) is 5.35. The van der Waals surface area contributed by atoms with Crippen LogP contribution in [-0.2, 0) is 6.54 Å². The first-order valence-corrected chi connectivity index (χ1v) is 10.3. The molecule has 2 heterocycles. The fourth-order valence-electron chi connectivity index (χ4n) is 3.74. The second-order valence-electron chi connectivity index (χ2n) is 7.55. The van der Waals surface area contributed by atoms with Crippen LogP contribution in [0, 0.1) is 0 Å². The number of aromatic amines is 1. The summed E-state index contributed by atoms with van der Waals surface area (Å²) in [5.41, 5.74) is 8.02. The summed E-state index contributed by atoms with van der Waals surface area (Å²) in [7, 11) is 1.52. The first-order chi connectivity index (χ1) is 14.6. The van der Waals surface area contributed by atoms with Gasteiger partial charge in [0.1, 0.15) is 11.4 Å². The highest BCUT2D eigenvalue weighted by Crippen LogP contribution is 2.30. The molecule has 0 saturated carbocycles. The molecular weight excluding hydrogens is 378 g/mol. The van der Waals surface area contributed by atoms with Gasteiger partial charge in [-0.1, -0.05) is 30.7 Å². The van der Waals surface area contributed by atoms with Crippen molar-refractivity contribution in [2.75, 3.05) is 20.1 Å². The SMILES string of the molecule is CN=C(N)NC(=O)c1cc2cccc(Oc3ccc(CN4CCCCC4)cc3)c2[nH]1. The lowest BCUT2D eigenvalue weighted by molar-refractivity contribution is 0.0972. The molecule has 1 aromatic heterocycles. The average molecular weight is 406 g/mol. The predicted octanol–water partition coefficient (Wildman–Crippen LogP) is 3.62. The lowest BCUT2D eigenvalue weighted by atomic mass is 10.1. The van der Waals surface area contributed by atoms with Crippen molar-refractivity contribution in [1.82, 2.24) is 15.2 Å². The molecule has 0 radical (unpaired) electrons. The Bertz CT molecular complexity index is 1050. The largest absolute Gasteiger partial charge is 0.455 e. The van der Waals surface area contributed by atoms with E-state index in [1.54, 1.807) is 6.07 Å². The molecule has 0 unspecified atom stereocenters. The summed E-state index contributed by atoms with van der Waals surface area (Å²) in [5, 5.41) is 3.41. The summed E-state index contributed by atoms with van der Waals surface area (Å²) >= 11 is 0. The lowest BCUT2D eigenvalue weighted by Gasteiger charge is -2.26. The van der Waals surface area contributed by atoms with Gasteiger partial charge in [-0.2, -0.15) is 0 Å². The molecule has 0 aliphatic carbocycles. The number of rotatable bonds is 5. The van der Waals surface area contributed by atoms with Crippen LogP contribution in [0.3, 0.4) is 0 Å². The average Bonchev–Trinajstić information content (AvgIpc) is 3.21. The number of para-hydroxylation sites is 1. The molecule has 4 rings (SSSR count). The van der Waals surface area contributed by atoms with Crippen LogP contribution in [0.25, 0.3) is 10.9 Å². The normalized spacial score (nSPS) is 15.3. The Balaban J connectivity index is 1.48. The molecular formula is C23H27N5O2. The third kappa shape index (κ3) is 4.63. The van der Waals surface area contributed by atoms with Crippen LogP contribution in [0.5, 0.6) is 11.5 Å². The second-order valence-corrected chi connectivity index (χ2v) is 7.55. The molecule has 0 atom stereocenters. The summed E-state index contributed by atoms with van der Waals surface area (Å²) < 4.78 is 6.11. The molecule has 0 spiro atoms. The molecule has 156 valence electrons. The number of hydrogen-bond acceptors (Lipinski definition) is 4. The van der Waals surface area contributed by atoms with E-state index in [-0.39, 0.29) is 11.9 Å². The van der Waals surface area contributed by atoms with E-state index in [9.17, 15) is 4.79 Å². The number of fused-ring (bicyclic) bond motifs is 1. The number of aromatic nitrogens is 1. The van der Waals surface area contributed by atoms with Gasteiger partial charge in [0.15, 0.2) is 11.7 Å². The van der Waals surface area contributed by atoms with Crippen LogP contribution in [0.4, 0.5) is 0 Å². The molecule has 1 aliphatic heterocycles. The van der Waals surface area contributed by atoms with E-state index in [1.807, 2.05) is 30.3 Å². The number of ether oxygens (including phenoxy) is 1. The molecule has 1 aliphatic rings. The number of likely N-dealkylation sites (tertiary alicyclic amines) is 1. The Hall–Kier alpha value is -3.32. The zero-order valence-electron chi connectivity index (χ0n) is 17.1. The van der Waals surface area contributed by atoms with Gasteiger partial charge in [0.2, 0.25) is 0 Å². The Labute approximate surface area is 175 Å². The van der Waals surface area contributed by atoms with E-state index in [1.165, 1.54) is 45.0 Å². The predicted molar refractivity (Wildman–Crippen MR) is 119 cm³/mol. The topological polar surface area (TPSA) is 95.7 Å². The number of amides is 1.